The lowest BCUT2D eigenvalue weighted by Crippen LogP contribution is -2.42. The summed E-state index contributed by atoms with van der Waals surface area (Å²) < 4.78 is 14.8. The lowest BCUT2D eigenvalue weighted by atomic mass is 10.1. The number of halogens is 1. The van der Waals surface area contributed by atoms with Crippen LogP contribution in [-0.4, -0.2) is 38.5 Å². The highest BCUT2D eigenvalue weighted by Gasteiger charge is 2.24. The maximum atomic E-state index is 13.1. The number of rotatable bonds is 2. The second kappa shape index (κ2) is 5.15. The minimum absolute atomic E-state index is 0.00184. The third-order valence-electron chi connectivity index (χ3n) is 4.30. The molecule has 3 heterocycles. The Morgan fingerprint density at radius 2 is 1.91 bits per heavy atom. The fourth-order valence-electron chi connectivity index (χ4n) is 2.78. The van der Waals surface area contributed by atoms with Crippen LogP contribution in [0.5, 0.6) is 0 Å². The van der Waals surface area contributed by atoms with E-state index in [9.17, 15) is 9.18 Å². The number of aryl methyl sites for hydroxylation is 1. The Labute approximate surface area is 132 Å². The van der Waals surface area contributed by atoms with Gasteiger partial charge >= 0.3 is 0 Å². The molecule has 0 radical (unpaired) electrons. The molecular formula is C17H15FN4O. The molecule has 1 aliphatic heterocycles. The molecular weight excluding hydrogens is 295 g/mol. The van der Waals surface area contributed by atoms with Crippen molar-refractivity contribution in [2.24, 2.45) is 0 Å². The molecule has 2 aromatic heterocycles. The number of likely N-dealkylation sites (tertiary alicyclic amines) is 1. The first-order chi connectivity index (χ1) is 11.1. The fourth-order valence-corrected chi connectivity index (χ4v) is 2.78. The molecule has 0 bridgehead atoms. The van der Waals surface area contributed by atoms with E-state index >= 15 is 0 Å². The largest absolute Gasteiger partial charge is 0.338 e. The van der Waals surface area contributed by atoms with Crippen LogP contribution >= 0.6 is 0 Å². The number of fused-ring (bicyclic) bond motifs is 1. The van der Waals surface area contributed by atoms with E-state index in [4.69, 9.17) is 0 Å². The van der Waals surface area contributed by atoms with E-state index < -0.39 is 0 Å². The van der Waals surface area contributed by atoms with Crippen molar-refractivity contribution in [1.29, 1.82) is 0 Å². The number of nitrogens with zero attached hydrogens (tertiary/aromatic N) is 4. The molecule has 6 heteroatoms. The lowest BCUT2D eigenvalue weighted by molar-refractivity contribution is 0.0650. The van der Waals surface area contributed by atoms with E-state index in [0.717, 1.165) is 36.3 Å². The van der Waals surface area contributed by atoms with Crippen molar-refractivity contribution in [1.82, 2.24) is 19.5 Å². The van der Waals surface area contributed by atoms with Crippen LogP contribution in [0.2, 0.25) is 0 Å². The van der Waals surface area contributed by atoms with Crippen LogP contribution in [0.15, 0.2) is 36.7 Å². The van der Waals surface area contributed by atoms with E-state index in [1.165, 1.54) is 12.1 Å². The zero-order chi connectivity index (χ0) is 16.0. The summed E-state index contributed by atoms with van der Waals surface area (Å²) in [6, 6.07) is 6.21. The van der Waals surface area contributed by atoms with Crippen molar-refractivity contribution < 1.29 is 9.18 Å². The van der Waals surface area contributed by atoms with E-state index in [-0.39, 0.29) is 11.7 Å². The van der Waals surface area contributed by atoms with E-state index in [0.29, 0.717) is 11.2 Å². The number of carbonyl (C=O) groups excluding carboxylic acids is 1. The minimum Gasteiger partial charge on any atom is -0.338 e. The second-order valence-electron chi connectivity index (χ2n) is 5.70. The number of amides is 1. The Kier molecular flexibility index (Phi) is 3.11. The standard InChI is InChI=1S/C17H15FN4O/c1-11-14(17(23)21-7-2-8-21)9-19-16-15(10-20-22(11)16)12-3-5-13(18)6-4-12/h3-6,9-10H,2,7-8H2,1H3. The predicted octanol–water partition coefficient (Wildman–Crippen LogP) is 2.69. The Balaban J connectivity index is 1.80. The zero-order valence-electron chi connectivity index (χ0n) is 12.7. The number of hydrogen-bond acceptors (Lipinski definition) is 3. The zero-order valence-corrected chi connectivity index (χ0v) is 12.7. The average molecular weight is 310 g/mol. The van der Waals surface area contributed by atoms with Crippen molar-refractivity contribution in [3.63, 3.8) is 0 Å². The Morgan fingerprint density at radius 1 is 1.17 bits per heavy atom. The molecule has 1 fully saturated rings. The molecule has 4 rings (SSSR count). The van der Waals surface area contributed by atoms with Gasteiger partial charge in [-0.3, -0.25) is 4.79 Å². The van der Waals surface area contributed by atoms with Crippen molar-refractivity contribution in [2.75, 3.05) is 13.1 Å². The van der Waals surface area contributed by atoms with Gasteiger partial charge in [0.2, 0.25) is 0 Å². The van der Waals surface area contributed by atoms with Gasteiger partial charge in [-0.1, -0.05) is 12.1 Å². The molecule has 0 saturated carbocycles. The van der Waals surface area contributed by atoms with Crippen molar-refractivity contribution >= 4 is 11.6 Å². The molecule has 0 atom stereocenters. The summed E-state index contributed by atoms with van der Waals surface area (Å²) in [5.74, 6) is -0.279. The van der Waals surface area contributed by atoms with Crippen LogP contribution in [0.4, 0.5) is 4.39 Å². The average Bonchev–Trinajstić information content (AvgIpc) is 2.91. The molecule has 0 unspecified atom stereocenters. The molecule has 0 spiro atoms. The third kappa shape index (κ3) is 2.18. The van der Waals surface area contributed by atoms with Gasteiger partial charge in [0, 0.05) is 24.8 Å². The Bertz CT molecular complexity index is 897. The van der Waals surface area contributed by atoms with Crippen LogP contribution in [0.1, 0.15) is 22.5 Å². The summed E-state index contributed by atoms with van der Waals surface area (Å²) in [6.45, 7) is 3.47. The van der Waals surface area contributed by atoms with E-state index in [1.54, 1.807) is 33.9 Å². The SMILES string of the molecule is Cc1c(C(=O)N2CCC2)cnc2c(-c3ccc(F)cc3)cnn12. The first-order valence-corrected chi connectivity index (χ1v) is 7.54. The molecule has 0 N–H and O–H groups in total. The highest BCUT2D eigenvalue weighted by molar-refractivity contribution is 5.96. The van der Waals surface area contributed by atoms with Crippen molar-refractivity contribution in [2.45, 2.75) is 13.3 Å². The molecule has 1 saturated heterocycles. The van der Waals surface area contributed by atoms with Crippen LogP contribution in [-0.2, 0) is 0 Å². The Hall–Kier alpha value is -2.76. The summed E-state index contributed by atoms with van der Waals surface area (Å²) >= 11 is 0. The van der Waals surface area contributed by atoms with Gasteiger partial charge in [0.1, 0.15) is 5.82 Å². The van der Waals surface area contributed by atoms with Gasteiger partial charge in [-0.05, 0) is 31.0 Å². The Morgan fingerprint density at radius 3 is 2.57 bits per heavy atom. The lowest BCUT2D eigenvalue weighted by Gasteiger charge is -2.31. The number of hydrogen-bond donors (Lipinski definition) is 0. The predicted molar refractivity (Wildman–Crippen MR) is 83.6 cm³/mol. The minimum atomic E-state index is -0.281. The molecule has 1 aromatic carbocycles. The van der Waals surface area contributed by atoms with Gasteiger partial charge in [-0.2, -0.15) is 5.10 Å². The summed E-state index contributed by atoms with van der Waals surface area (Å²) in [7, 11) is 0. The quantitative estimate of drug-likeness (QED) is 0.731. The topological polar surface area (TPSA) is 50.5 Å². The summed E-state index contributed by atoms with van der Waals surface area (Å²) in [5, 5.41) is 4.35. The first kappa shape index (κ1) is 13.9. The van der Waals surface area contributed by atoms with Crippen LogP contribution in [0.3, 0.4) is 0 Å². The van der Waals surface area contributed by atoms with Gasteiger partial charge in [0.15, 0.2) is 5.65 Å². The van der Waals surface area contributed by atoms with Gasteiger partial charge < -0.3 is 4.90 Å². The molecule has 0 aliphatic carbocycles. The maximum Gasteiger partial charge on any atom is 0.257 e. The highest BCUT2D eigenvalue weighted by atomic mass is 19.1. The van der Waals surface area contributed by atoms with E-state index in [2.05, 4.69) is 10.1 Å². The van der Waals surface area contributed by atoms with Crippen molar-refractivity contribution in [3.05, 3.63) is 53.7 Å². The smallest absolute Gasteiger partial charge is 0.257 e. The second-order valence-corrected chi connectivity index (χ2v) is 5.70. The van der Waals surface area contributed by atoms with Gasteiger partial charge in [0.25, 0.3) is 5.91 Å². The number of benzene rings is 1. The summed E-state index contributed by atoms with van der Waals surface area (Å²) in [4.78, 5) is 18.6. The van der Waals surface area contributed by atoms with Crippen molar-refractivity contribution in [3.8, 4) is 11.1 Å². The third-order valence-corrected chi connectivity index (χ3v) is 4.30. The molecule has 5 nitrogen and oxygen atoms in total. The fraction of sp³-hybridized carbons (Fsp3) is 0.235. The number of aromatic nitrogens is 3. The van der Waals surface area contributed by atoms with Gasteiger partial charge in [-0.25, -0.2) is 13.9 Å². The first-order valence-electron chi connectivity index (χ1n) is 7.54. The summed E-state index contributed by atoms with van der Waals surface area (Å²) in [6.07, 6.45) is 4.36. The molecule has 116 valence electrons. The summed E-state index contributed by atoms with van der Waals surface area (Å²) in [5.41, 5.74) is 3.66. The normalized spacial score (nSPS) is 14.1. The monoisotopic (exact) mass is 310 g/mol. The van der Waals surface area contributed by atoms with Crippen LogP contribution in [0, 0.1) is 12.7 Å². The van der Waals surface area contributed by atoms with Crippen LogP contribution < -0.4 is 0 Å². The van der Waals surface area contributed by atoms with Gasteiger partial charge in [-0.15, -0.1) is 0 Å². The molecule has 23 heavy (non-hydrogen) atoms. The molecule has 1 amide bonds. The highest BCUT2D eigenvalue weighted by Crippen LogP contribution is 2.25. The molecule has 3 aromatic rings. The van der Waals surface area contributed by atoms with Crippen LogP contribution in [0.25, 0.3) is 16.8 Å². The van der Waals surface area contributed by atoms with E-state index in [1.807, 2.05) is 6.92 Å². The molecule has 1 aliphatic rings. The van der Waals surface area contributed by atoms with Gasteiger partial charge in [0.05, 0.1) is 17.5 Å². The maximum absolute atomic E-state index is 13.1. The number of carbonyl (C=O) groups is 1.